The van der Waals surface area contributed by atoms with Crippen LogP contribution >= 0.6 is 12.2 Å². The van der Waals surface area contributed by atoms with Gasteiger partial charge in [-0.15, -0.1) is 0 Å². The summed E-state index contributed by atoms with van der Waals surface area (Å²) >= 11 is 4.65. The molecule has 0 amide bonds. The molecule has 0 fully saturated rings. The van der Waals surface area contributed by atoms with Gasteiger partial charge in [0.15, 0.2) is 0 Å². The molecule has 1 aromatic carbocycles. The molecule has 1 rings (SSSR count). The Morgan fingerprint density at radius 3 is 2.41 bits per heavy atom. The Hall–Kier alpha value is -1.18. The summed E-state index contributed by atoms with van der Waals surface area (Å²) in [4.78, 5) is -0.0792. The number of aliphatic hydroxyl groups is 1. The molecule has 1 atom stereocenters. The van der Waals surface area contributed by atoms with Crippen molar-refractivity contribution in [2.24, 2.45) is 5.73 Å². The van der Waals surface area contributed by atoms with Crippen molar-refractivity contribution in [3.8, 4) is 0 Å². The molecule has 0 heterocycles. The summed E-state index contributed by atoms with van der Waals surface area (Å²) in [5.41, 5.74) is 6.41. The lowest BCUT2D eigenvalue weighted by molar-refractivity contribution is 0.282. The third-order valence-electron chi connectivity index (χ3n) is 2.26. The summed E-state index contributed by atoms with van der Waals surface area (Å²) in [7, 11) is -3.61. The van der Waals surface area contributed by atoms with E-state index in [1.54, 1.807) is 24.3 Å². The van der Waals surface area contributed by atoms with Gasteiger partial charge in [0.05, 0.1) is 11.6 Å². The van der Waals surface area contributed by atoms with Gasteiger partial charge >= 0.3 is 0 Å². The van der Waals surface area contributed by atoms with Crippen molar-refractivity contribution in [3.63, 3.8) is 0 Å². The van der Waals surface area contributed by atoms with Gasteiger partial charge < -0.3 is 10.8 Å². The first-order chi connectivity index (χ1) is 7.86. The number of nitrogens with two attached hydrogens (primary N) is 1. The van der Waals surface area contributed by atoms with E-state index >= 15 is 0 Å². The smallest absolute Gasteiger partial charge is 0.241 e. The number of aliphatic hydroxyl groups excluding tert-OH is 1. The minimum absolute atomic E-state index is 0.0792. The van der Waals surface area contributed by atoms with Crippen LogP contribution in [-0.4, -0.2) is 23.8 Å². The van der Waals surface area contributed by atoms with Gasteiger partial charge in [0.2, 0.25) is 10.0 Å². The fourth-order valence-corrected chi connectivity index (χ4v) is 2.41. The van der Waals surface area contributed by atoms with Gasteiger partial charge in [0.1, 0.15) is 5.25 Å². The molecule has 4 N–H and O–H groups in total. The highest BCUT2D eigenvalue weighted by Gasteiger charge is 2.22. The van der Waals surface area contributed by atoms with E-state index in [1.807, 2.05) is 0 Å². The molecule has 0 spiro atoms. The quantitative estimate of drug-likeness (QED) is 0.684. The summed E-state index contributed by atoms with van der Waals surface area (Å²) in [6, 6.07) is 6.39. The van der Waals surface area contributed by atoms with Crippen molar-refractivity contribution < 1.29 is 13.5 Å². The molecule has 7 heteroatoms. The highest BCUT2D eigenvalue weighted by Crippen LogP contribution is 2.13. The Bertz CT molecular complexity index is 497. The van der Waals surface area contributed by atoms with Gasteiger partial charge in [-0.05, 0) is 24.6 Å². The third-order valence-corrected chi connectivity index (χ3v) is 4.47. The minimum atomic E-state index is -3.61. The Labute approximate surface area is 106 Å². The average molecular weight is 274 g/mol. The van der Waals surface area contributed by atoms with E-state index in [4.69, 9.17) is 10.8 Å². The SMILES string of the molecule is CC(C(N)=S)S(=O)(=O)Nc1ccc(CO)cc1. The van der Waals surface area contributed by atoms with Gasteiger partial charge in [-0.1, -0.05) is 24.4 Å². The molecule has 0 aliphatic rings. The highest BCUT2D eigenvalue weighted by atomic mass is 32.2. The second kappa shape index (κ2) is 5.44. The Balaban J connectivity index is 2.86. The van der Waals surface area contributed by atoms with E-state index in [-0.39, 0.29) is 11.6 Å². The van der Waals surface area contributed by atoms with Crippen LogP contribution in [0.3, 0.4) is 0 Å². The van der Waals surface area contributed by atoms with Gasteiger partial charge in [0, 0.05) is 5.69 Å². The van der Waals surface area contributed by atoms with Crippen molar-refractivity contribution in [3.05, 3.63) is 29.8 Å². The predicted molar refractivity (Wildman–Crippen MR) is 71.2 cm³/mol. The van der Waals surface area contributed by atoms with Gasteiger partial charge in [0.25, 0.3) is 0 Å². The molecule has 0 aliphatic heterocycles. The maximum atomic E-state index is 11.8. The molecule has 94 valence electrons. The monoisotopic (exact) mass is 274 g/mol. The normalized spacial score (nSPS) is 13.1. The zero-order chi connectivity index (χ0) is 13.1. The predicted octanol–water partition coefficient (Wildman–Crippen LogP) is 0.595. The largest absolute Gasteiger partial charge is 0.392 e. The van der Waals surface area contributed by atoms with Gasteiger partial charge in [-0.3, -0.25) is 4.72 Å². The first-order valence-electron chi connectivity index (χ1n) is 4.87. The fourth-order valence-electron chi connectivity index (χ4n) is 1.08. The maximum absolute atomic E-state index is 11.8. The van der Waals surface area contributed by atoms with E-state index in [0.29, 0.717) is 11.3 Å². The average Bonchev–Trinajstić information content (AvgIpc) is 2.28. The molecular formula is C10H14N2O3S2. The minimum Gasteiger partial charge on any atom is -0.392 e. The van der Waals surface area contributed by atoms with E-state index in [2.05, 4.69) is 16.9 Å². The molecule has 0 bridgehead atoms. The topological polar surface area (TPSA) is 92.4 Å². The van der Waals surface area contributed by atoms with Crippen LogP contribution in [0.15, 0.2) is 24.3 Å². The first kappa shape index (κ1) is 13.9. The molecule has 0 saturated carbocycles. The van der Waals surface area contributed by atoms with Crippen LogP contribution in [-0.2, 0) is 16.6 Å². The summed E-state index contributed by atoms with van der Waals surface area (Å²) < 4.78 is 25.9. The fraction of sp³-hybridized carbons (Fsp3) is 0.300. The zero-order valence-corrected chi connectivity index (χ0v) is 10.9. The number of thiocarbonyl (C=S) groups is 1. The summed E-state index contributed by atoms with van der Waals surface area (Å²) in [5.74, 6) is 0. The number of benzene rings is 1. The van der Waals surface area contributed by atoms with Crippen LogP contribution in [0.1, 0.15) is 12.5 Å². The van der Waals surface area contributed by atoms with E-state index in [9.17, 15) is 8.42 Å². The molecule has 0 aromatic heterocycles. The van der Waals surface area contributed by atoms with Crippen LogP contribution in [0, 0.1) is 0 Å². The second-order valence-corrected chi connectivity index (χ2v) is 6.02. The summed E-state index contributed by atoms with van der Waals surface area (Å²) in [5, 5.41) is 7.91. The molecule has 0 aliphatic carbocycles. The summed E-state index contributed by atoms with van der Waals surface area (Å²) in [6.45, 7) is 1.34. The molecule has 0 saturated heterocycles. The van der Waals surface area contributed by atoms with Crippen LogP contribution < -0.4 is 10.5 Å². The lowest BCUT2D eigenvalue weighted by atomic mass is 10.2. The number of rotatable bonds is 5. The van der Waals surface area contributed by atoms with Crippen molar-refractivity contribution in [2.45, 2.75) is 18.8 Å². The van der Waals surface area contributed by atoms with Crippen LogP contribution in [0.5, 0.6) is 0 Å². The molecule has 0 radical (unpaired) electrons. The van der Waals surface area contributed by atoms with Crippen molar-refractivity contribution in [1.29, 1.82) is 0 Å². The third kappa shape index (κ3) is 3.65. The zero-order valence-electron chi connectivity index (χ0n) is 9.25. The Kier molecular flexibility index (Phi) is 4.44. The van der Waals surface area contributed by atoms with Crippen LogP contribution in [0.25, 0.3) is 0 Å². The van der Waals surface area contributed by atoms with Gasteiger partial charge in [-0.2, -0.15) is 0 Å². The van der Waals surface area contributed by atoms with Crippen molar-refractivity contribution in [2.75, 3.05) is 4.72 Å². The van der Waals surface area contributed by atoms with E-state index < -0.39 is 15.3 Å². The lowest BCUT2D eigenvalue weighted by Crippen LogP contribution is -2.35. The molecule has 1 aromatic rings. The maximum Gasteiger partial charge on any atom is 0.241 e. The van der Waals surface area contributed by atoms with E-state index in [1.165, 1.54) is 6.92 Å². The number of hydrogen-bond donors (Lipinski definition) is 3. The number of hydrogen-bond acceptors (Lipinski definition) is 4. The number of anilines is 1. The lowest BCUT2D eigenvalue weighted by Gasteiger charge is -2.13. The number of nitrogens with one attached hydrogen (secondary N) is 1. The molecule has 5 nitrogen and oxygen atoms in total. The first-order valence-corrected chi connectivity index (χ1v) is 6.83. The molecular weight excluding hydrogens is 260 g/mol. The number of sulfonamides is 1. The standard InChI is InChI=1S/C10H14N2O3S2/c1-7(10(11)16)17(14,15)12-9-4-2-8(6-13)3-5-9/h2-5,7,12-13H,6H2,1H3,(H2,11,16). The summed E-state index contributed by atoms with van der Waals surface area (Å²) in [6.07, 6.45) is 0. The van der Waals surface area contributed by atoms with Crippen molar-refractivity contribution >= 4 is 32.9 Å². The molecule has 1 unspecified atom stereocenters. The van der Waals surface area contributed by atoms with Gasteiger partial charge in [-0.25, -0.2) is 8.42 Å². The second-order valence-electron chi connectivity index (χ2n) is 3.55. The van der Waals surface area contributed by atoms with Crippen molar-refractivity contribution in [1.82, 2.24) is 0 Å². The van der Waals surface area contributed by atoms with E-state index in [0.717, 1.165) is 0 Å². The molecule has 17 heavy (non-hydrogen) atoms. The Morgan fingerprint density at radius 2 is 2.00 bits per heavy atom. The highest BCUT2D eigenvalue weighted by molar-refractivity contribution is 7.95. The van der Waals surface area contributed by atoms with Crippen LogP contribution in [0.4, 0.5) is 5.69 Å². The Morgan fingerprint density at radius 1 is 1.47 bits per heavy atom. The van der Waals surface area contributed by atoms with Crippen LogP contribution in [0.2, 0.25) is 0 Å².